The van der Waals surface area contributed by atoms with E-state index in [9.17, 15) is 24.0 Å². The lowest BCUT2D eigenvalue weighted by molar-refractivity contribution is -0.138. The molecule has 0 unspecified atom stereocenters. The fourth-order valence-electron chi connectivity index (χ4n) is 6.92. The number of urea groups is 1. The van der Waals surface area contributed by atoms with Gasteiger partial charge in [-0.2, -0.15) is 5.10 Å². The van der Waals surface area contributed by atoms with Gasteiger partial charge in [-0.15, -0.1) is 0 Å². The van der Waals surface area contributed by atoms with E-state index in [1.807, 2.05) is 37.3 Å². The van der Waals surface area contributed by atoms with Crippen molar-refractivity contribution in [3.05, 3.63) is 125 Å². The molecule has 1 aliphatic heterocycles. The first kappa shape index (κ1) is 44.1. The van der Waals surface area contributed by atoms with Crippen molar-refractivity contribution in [3.63, 3.8) is 0 Å². The van der Waals surface area contributed by atoms with Gasteiger partial charge in [-0.05, 0) is 92.2 Å². The number of aromatic nitrogens is 3. The first-order valence-electron chi connectivity index (χ1n) is 20.2. The summed E-state index contributed by atoms with van der Waals surface area (Å²) in [6.45, 7) is 10.9. The van der Waals surface area contributed by atoms with Crippen molar-refractivity contribution in [1.82, 2.24) is 30.3 Å². The van der Waals surface area contributed by atoms with E-state index < -0.39 is 18.0 Å². The van der Waals surface area contributed by atoms with Crippen LogP contribution in [0.4, 0.5) is 16.2 Å². The Bertz CT molecular complexity index is 2470. The molecule has 322 valence electrons. The number of carbonyl (C=O) groups excluding carboxylic acids is 5. The Morgan fingerprint density at radius 1 is 0.887 bits per heavy atom. The molecule has 0 saturated carbocycles. The Kier molecular flexibility index (Phi) is 14.7. The maximum atomic E-state index is 13.5. The summed E-state index contributed by atoms with van der Waals surface area (Å²) in [5.41, 5.74) is 7.00. The number of aromatic amines is 2. The lowest BCUT2D eigenvalue weighted by atomic mass is 10.0. The highest BCUT2D eigenvalue weighted by Crippen LogP contribution is 2.36. The van der Waals surface area contributed by atoms with Crippen LogP contribution >= 0.6 is 0 Å². The predicted octanol–water partition coefficient (Wildman–Crippen LogP) is 6.33. The average molecular weight is 843 g/mol. The van der Waals surface area contributed by atoms with Gasteiger partial charge in [-0.25, -0.2) is 14.4 Å². The van der Waals surface area contributed by atoms with Crippen LogP contribution in [0.25, 0.3) is 22.8 Å². The van der Waals surface area contributed by atoms with E-state index in [0.717, 1.165) is 48.5 Å². The average Bonchev–Trinajstić information content (AvgIpc) is 3.99. The number of carbonyl (C=O) groups is 5. The van der Waals surface area contributed by atoms with E-state index in [-0.39, 0.29) is 37.3 Å². The zero-order valence-corrected chi connectivity index (χ0v) is 35.3. The fourth-order valence-corrected chi connectivity index (χ4v) is 6.92. The number of methoxy groups -OCH3 is 1. The quantitative estimate of drug-likeness (QED) is 0.0377. The molecule has 0 bridgehead atoms. The van der Waals surface area contributed by atoms with Gasteiger partial charge in [-0.1, -0.05) is 38.1 Å². The van der Waals surface area contributed by atoms with E-state index in [0.29, 0.717) is 57.3 Å². The van der Waals surface area contributed by atoms with Crippen LogP contribution in [0.2, 0.25) is 0 Å². The number of nitrogens with zero attached hydrogens (tertiary/aromatic N) is 3. The molecular formula is C46H50N8O8. The summed E-state index contributed by atoms with van der Waals surface area (Å²) in [6, 6.07) is 18.8. The molecule has 0 spiro atoms. The summed E-state index contributed by atoms with van der Waals surface area (Å²) < 4.78 is 16.2. The number of esters is 2. The maximum absolute atomic E-state index is 13.5. The topological polar surface area (TPSA) is 200 Å². The van der Waals surface area contributed by atoms with Crippen LogP contribution < -0.4 is 25.4 Å². The van der Waals surface area contributed by atoms with Crippen LogP contribution in [0.15, 0.2) is 91.3 Å². The van der Waals surface area contributed by atoms with E-state index in [2.05, 4.69) is 49.9 Å². The molecule has 16 nitrogen and oxygen atoms in total. The zero-order chi connectivity index (χ0) is 44.2. The number of amides is 4. The number of H-pyrrole nitrogens is 2. The number of aryl methyl sites for hydroxylation is 1. The van der Waals surface area contributed by atoms with Gasteiger partial charge in [-0.3, -0.25) is 14.7 Å². The maximum Gasteiger partial charge on any atom is 0.336 e. The molecule has 5 N–H and O–H groups in total. The van der Waals surface area contributed by atoms with Crippen LogP contribution in [0, 0.1) is 13.8 Å². The van der Waals surface area contributed by atoms with E-state index in [4.69, 9.17) is 14.2 Å². The molecule has 0 radical (unpaired) electrons. The highest BCUT2D eigenvalue weighted by Gasteiger charge is 2.27. The molecule has 0 saturated heterocycles. The van der Waals surface area contributed by atoms with E-state index in [1.165, 1.54) is 11.0 Å². The van der Waals surface area contributed by atoms with Crippen molar-refractivity contribution in [2.24, 2.45) is 0 Å². The molecule has 16 heteroatoms. The van der Waals surface area contributed by atoms with Crippen molar-refractivity contribution in [2.75, 3.05) is 57.1 Å². The lowest BCUT2D eigenvalue weighted by Gasteiger charge is -2.23. The number of fused-ring (bicyclic) bond motifs is 1. The molecule has 0 atom stereocenters. The highest BCUT2D eigenvalue weighted by molar-refractivity contribution is 6.35. The lowest BCUT2D eigenvalue weighted by Crippen LogP contribution is -2.37. The smallest absolute Gasteiger partial charge is 0.336 e. The second-order valence-electron chi connectivity index (χ2n) is 14.4. The number of rotatable bonds is 18. The third-order valence-electron chi connectivity index (χ3n) is 10.3. The summed E-state index contributed by atoms with van der Waals surface area (Å²) in [7, 11) is 1.56. The minimum absolute atomic E-state index is 0.0327. The van der Waals surface area contributed by atoms with Crippen molar-refractivity contribution < 1.29 is 38.2 Å². The van der Waals surface area contributed by atoms with Crippen LogP contribution in [0.5, 0.6) is 11.5 Å². The van der Waals surface area contributed by atoms with Crippen LogP contribution in [-0.4, -0.2) is 101 Å². The Morgan fingerprint density at radius 2 is 1.66 bits per heavy atom. The second kappa shape index (κ2) is 20.7. The van der Waals surface area contributed by atoms with E-state index >= 15 is 0 Å². The largest absolute Gasteiger partial charge is 0.497 e. The summed E-state index contributed by atoms with van der Waals surface area (Å²) in [4.78, 5) is 72.1. The van der Waals surface area contributed by atoms with Crippen LogP contribution in [0.3, 0.4) is 0 Å². The van der Waals surface area contributed by atoms with Crippen LogP contribution in [-0.2, 0) is 25.7 Å². The third-order valence-corrected chi connectivity index (χ3v) is 10.3. The zero-order valence-electron chi connectivity index (χ0n) is 35.3. The minimum atomic E-state index is -0.852. The molecule has 1 aliphatic rings. The number of anilines is 2. The second-order valence-corrected chi connectivity index (χ2v) is 14.4. The van der Waals surface area contributed by atoms with Gasteiger partial charge in [0.05, 0.1) is 31.0 Å². The Morgan fingerprint density at radius 3 is 2.39 bits per heavy atom. The number of benzene rings is 3. The van der Waals surface area contributed by atoms with Gasteiger partial charge in [0, 0.05) is 71.9 Å². The van der Waals surface area contributed by atoms with Crippen molar-refractivity contribution in [2.45, 2.75) is 34.2 Å². The summed E-state index contributed by atoms with van der Waals surface area (Å²) in [6.07, 6.45) is 7.02. The van der Waals surface area contributed by atoms with Crippen molar-refractivity contribution in [3.8, 4) is 22.6 Å². The summed E-state index contributed by atoms with van der Waals surface area (Å²) in [5, 5.41) is 15.4. The molecule has 3 heterocycles. The molecular weight excluding hydrogens is 793 g/mol. The molecule has 0 fully saturated rings. The predicted molar refractivity (Wildman–Crippen MR) is 236 cm³/mol. The first-order chi connectivity index (χ1) is 30.0. The van der Waals surface area contributed by atoms with Gasteiger partial charge in [0.2, 0.25) is 0 Å². The number of hydrogen-bond donors (Lipinski definition) is 5. The minimum Gasteiger partial charge on any atom is -0.497 e. The number of ether oxygens (including phenoxy) is 3. The number of hydrogen-bond acceptors (Lipinski definition) is 10. The monoisotopic (exact) mass is 842 g/mol. The van der Waals surface area contributed by atoms with Crippen LogP contribution in [0.1, 0.15) is 52.3 Å². The molecule has 5 aromatic rings. The van der Waals surface area contributed by atoms with Gasteiger partial charge in [0.1, 0.15) is 18.1 Å². The van der Waals surface area contributed by atoms with Crippen molar-refractivity contribution >= 4 is 52.8 Å². The van der Waals surface area contributed by atoms with E-state index in [1.54, 1.807) is 62.8 Å². The Labute approximate surface area is 359 Å². The molecule has 0 aliphatic carbocycles. The van der Waals surface area contributed by atoms with Gasteiger partial charge >= 0.3 is 18.0 Å². The van der Waals surface area contributed by atoms with Crippen molar-refractivity contribution in [1.29, 1.82) is 0 Å². The third kappa shape index (κ3) is 11.2. The van der Waals surface area contributed by atoms with Gasteiger partial charge in [0.15, 0.2) is 0 Å². The fraction of sp³-hybridized carbons (Fsp3) is 0.261. The highest BCUT2D eigenvalue weighted by atomic mass is 16.5. The molecule has 62 heavy (non-hydrogen) atoms. The standard InChI is InChI=1S/C46H50N8O8/c1-6-53(7-2)20-19-47-45(58)43-29(3)40(50-30(43)4)25-38-37-24-36(15-16-39(37)52-44(38)57)62-42(56)18-17-41(55)61-22-21-54(28-31-9-8-10-35(23-31)60-5)46(59)51-34-13-11-32(12-14-34)33-26-48-49-27-33/h8-18,23-27,50H,6-7,19-22,28H2,1-5H3,(H,47,58)(H,48,49)(H,51,59)(H,52,57)/b18-17+,38-25-. The summed E-state index contributed by atoms with van der Waals surface area (Å²) >= 11 is 0. The number of nitrogens with one attached hydrogen (secondary N) is 5. The normalized spacial score (nSPS) is 12.6. The molecule has 4 amide bonds. The Hall–Kier alpha value is -7.46. The van der Waals surface area contributed by atoms with Gasteiger partial charge in [0.25, 0.3) is 11.8 Å². The first-order valence-corrected chi connectivity index (χ1v) is 20.2. The Balaban J connectivity index is 1.05. The summed E-state index contributed by atoms with van der Waals surface area (Å²) in [5.74, 6) is -1.46. The van der Waals surface area contributed by atoms with Gasteiger partial charge < -0.3 is 44.9 Å². The molecule has 6 rings (SSSR count). The number of likely N-dealkylation sites (N-methyl/N-ethyl adjacent to an activating group) is 1. The molecule has 2 aromatic heterocycles. The SMILES string of the molecule is CCN(CC)CCNC(=O)c1c(C)[nH]c(/C=C2\C(=O)Nc3ccc(OC(=O)/C=C/C(=O)OCCN(Cc4cccc(OC)c4)C(=O)Nc4ccc(-c5cn[nH]c5)cc4)cc32)c1C. The molecule has 3 aromatic carbocycles.